The summed E-state index contributed by atoms with van der Waals surface area (Å²) in [6.07, 6.45) is 0.860. The van der Waals surface area contributed by atoms with Crippen LogP contribution in [0, 0.1) is 6.92 Å². The van der Waals surface area contributed by atoms with Gasteiger partial charge in [0.1, 0.15) is 0 Å². The van der Waals surface area contributed by atoms with Crippen LogP contribution in [0.4, 0.5) is 5.69 Å². The number of nitrogens with two attached hydrogens (primary N) is 1. The summed E-state index contributed by atoms with van der Waals surface area (Å²) in [5.74, 6) is 0.0366. The van der Waals surface area contributed by atoms with Crippen molar-refractivity contribution >= 4 is 37.5 Å². The second-order valence-electron chi connectivity index (χ2n) is 5.27. The van der Waals surface area contributed by atoms with Crippen molar-refractivity contribution in [1.29, 1.82) is 0 Å². The van der Waals surface area contributed by atoms with Crippen molar-refractivity contribution in [3.63, 3.8) is 0 Å². The van der Waals surface area contributed by atoms with Crippen LogP contribution >= 0.6 is 15.9 Å². The van der Waals surface area contributed by atoms with E-state index in [2.05, 4.69) is 20.7 Å². The van der Waals surface area contributed by atoms with E-state index < -0.39 is 10.0 Å². The topological polar surface area (TPSA) is 92.5 Å². The van der Waals surface area contributed by atoms with Crippen LogP contribution in [0.5, 0.6) is 0 Å². The molecule has 1 aliphatic rings. The number of halogens is 1. The zero-order valence-corrected chi connectivity index (χ0v) is 14.3. The summed E-state index contributed by atoms with van der Waals surface area (Å²) in [6.45, 7) is 2.10. The van der Waals surface area contributed by atoms with E-state index in [4.69, 9.17) is 5.73 Å². The molecular formula is C13H18BrN3O3S. The summed E-state index contributed by atoms with van der Waals surface area (Å²) in [6, 6.07) is 2.85. The maximum Gasteiger partial charge on any atom is 0.241 e. The molecule has 1 aromatic rings. The first kappa shape index (κ1) is 16.3. The minimum absolute atomic E-state index is 0.0366. The lowest BCUT2D eigenvalue weighted by atomic mass is 10.1. The number of carbonyl (C=O) groups is 1. The van der Waals surface area contributed by atoms with Gasteiger partial charge in [-0.1, -0.05) is 0 Å². The minimum atomic E-state index is -3.66. The molecule has 0 spiro atoms. The number of carbonyl (C=O) groups excluding carboxylic acids is 1. The number of hydrogen-bond acceptors (Lipinski definition) is 4. The molecule has 6 nitrogen and oxygen atoms in total. The molecule has 0 aliphatic carbocycles. The quantitative estimate of drug-likeness (QED) is 0.777. The fourth-order valence-electron chi connectivity index (χ4n) is 2.35. The monoisotopic (exact) mass is 375 g/mol. The second-order valence-corrected chi connectivity index (χ2v) is 7.81. The lowest BCUT2D eigenvalue weighted by molar-refractivity contribution is -0.132. The van der Waals surface area contributed by atoms with Gasteiger partial charge in [0.05, 0.1) is 4.90 Å². The van der Waals surface area contributed by atoms with Crippen molar-refractivity contribution in [3.05, 3.63) is 22.2 Å². The van der Waals surface area contributed by atoms with Crippen LogP contribution in [0.25, 0.3) is 0 Å². The Balaban J connectivity index is 2.23. The number of aryl methyl sites for hydroxylation is 1. The second kappa shape index (κ2) is 5.94. The van der Waals surface area contributed by atoms with E-state index in [1.54, 1.807) is 24.9 Å². The van der Waals surface area contributed by atoms with Crippen molar-refractivity contribution in [2.45, 2.75) is 30.7 Å². The zero-order valence-electron chi connectivity index (χ0n) is 11.9. The van der Waals surface area contributed by atoms with E-state index in [1.165, 1.54) is 6.07 Å². The molecule has 1 heterocycles. The van der Waals surface area contributed by atoms with E-state index in [0.717, 1.165) is 0 Å². The van der Waals surface area contributed by atoms with E-state index in [9.17, 15) is 13.2 Å². The smallest absolute Gasteiger partial charge is 0.241 e. The normalized spacial score (nSPS) is 19.9. The molecule has 0 saturated carbocycles. The Morgan fingerprint density at radius 2 is 2.10 bits per heavy atom. The number of nitrogens with zero attached hydrogens (tertiary/aromatic N) is 1. The lowest BCUT2D eigenvalue weighted by Crippen LogP contribution is -2.48. The van der Waals surface area contributed by atoms with Crippen molar-refractivity contribution in [2.24, 2.45) is 0 Å². The van der Waals surface area contributed by atoms with Crippen LogP contribution in [-0.2, 0) is 14.8 Å². The van der Waals surface area contributed by atoms with Crippen molar-refractivity contribution in [1.82, 2.24) is 9.62 Å². The summed E-state index contributed by atoms with van der Waals surface area (Å²) in [5, 5.41) is 0. The largest absolute Gasteiger partial charge is 0.398 e. The van der Waals surface area contributed by atoms with Crippen LogP contribution in [0.3, 0.4) is 0 Å². The standard InChI is InChI=1S/C13H18BrN3O3S/c1-8-5-10(14)11(15)6-12(8)21(19,20)16-9-3-4-13(18)17(2)7-9/h5-6,9,16H,3-4,7,15H2,1-2H3. The summed E-state index contributed by atoms with van der Waals surface area (Å²) in [4.78, 5) is 13.1. The SMILES string of the molecule is Cc1cc(Br)c(N)cc1S(=O)(=O)NC1CCC(=O)N(C)C1. The third-order valence-electron chi connectivity index (χ3n) is 3.53. The molecule has 0 aromatic heterocycles. The first-order valence-corrected chi connectivity index (χ1v) is 8.80. The highest BCUT2D eigenvalue weighted by atomic mass is 79.9. The van der Waals surface area contributed by atoms with Gasteiger partial charge < -0.3 is 10.6 Å². The van der Waals surface area contributed by atoms with Gasteiger partial charge in [0.25, 0.3) is 0 Å². The maximum atomic E-state index is 12.5. The van der Waals surface area contributed by atoms with E-state index >= 15 is 0 Å². The molecule has 116 valence electrons. The third kappa shape index (κ3) is 3.56. The highest BCUT2D eigenvalue weighted by Crippen LogP contribution is 2.27. The molecule has 1 aromatic carbocycles. The van der Waals surface area contributed by atoms with Gasteiger partial charge >= 0.3 is 0 Å². The molecule has 21 heavy (non-hydrogen) atoms. The Morgan fingerprint density at radius 1 is 1.43 bits per heavy atom. The molecule has 8 heteroatoms. The van der Waals surface area contributed by atoms with Crippen molar-refractivity contribution in [2.75, 3.05) is 19.3 Å². The predicted molar refractivity (Wildman–Crippen MR) is 84.3 cm³/mol. The Morgan fingerprint density at radius 3 is 2.71 bits per heavy atom. The molecule has 0 radical (unpaired) electrons. The number of rotatable bonds is 3. The van der Waals surface area contributed by atoms with Gasteiger partial charge in [0.2, 0.25) is 15.9 Å². The van der Waals surface area contributed by atoms with Gasteiger partial charge in [-0.25, -0.2) is 13.1 Å². The maximum absolute atomic E-state index is 12.5. The van der Waals surface area contributed by atoms with Crippen LogP contribution < -0.4 is 10.5 Å². The summed E-state index contributed by atoms with van der Waals surface area (Å²) in [7, 11) is -1.99. The van der Waals surface area contributed by atoms with Crippen LogP contribution in [-0.4, -0.2) is 38.9 Å². The van der Waals surface area contributed by atoms with Crippen LogP contribution in [0.15, 0.2) is 21.5 Å². The number of amides is 1. The van der Waals surface area contributed by atoms with Gasteiger partial charge in [0, 0.05) is 36.2 Å². The van der Waals surface area contributed by atoms with Gasteiger partial charge in [-0.05, 0) is 47.0 Å². The minimum Gasteiger partial charge on any atom is -0.398 e. The Hall–Kier alpha value is -1.12. The molecule has 1 unspecified atom stereocenters. The molecule has 1 atom stereocenters. The van der Waals surface area contributed by atoms with Crippen molar-refractivity contribution < 1.29 is 13.2 Å². The molecule has 1 aliphatic heterocycles. The Kier molecular flexibility index (Phi) is 4.60. The number of sulfonamides is 1. The van der Waals surface area contributed by atoms with E-state index in [0.29, 0.717) is 35.1 Å². The Bertz CT molecular complexity index is 675. The first-order valence-electron chi connectivity index (χ1n) is 6.52. The number of benzene rings is 1. The zero-order chi connectivity index (χ0) is 15.8. The summed E-state index contributed by atoms with van der Waals surface area (Å²) >= 11 is 3.28. The highest BCUT2D eigenvalue weighted by molar-refractivity contribution is 9.10. The van der Waals surface area contributed by atoms with Crippen LogP contribution in [0.2, 0.25) is 0 Å². The number of nitrogens with one attached hydrogen (secondary N) is 1. The average molecular weight is 376 g/mol. The van der Waals surface area contributed by atoms with Gasteiger partial charge in [-0.15, -0.1) is 0 Å². The number of nitrogen functional groups attached to an aromatic ring is 1. The number of hydrogen-bond donors (Lipinski definition) is 2. The number of likely N-dealkylation sites (N-methyl/N-ethyl adjacent to an activating group) is 1. The summed E-state index contributed by atoms with van der Waals surface area (Å²) in [5.41, 5.74) is 6.75. The van der Waals surface area contributed by atoms with Gasteiger partial charge in [-0.2, -0.15) is 0 Å². The first-order chi connectivity index (χ1) is 9.70. The lowest BCUT2D eigenvalue weighted by Gasteiger charge is -2.30. The average Bonchev–Trinajstić information content (AvgIpc) is 2.37. The van der Waals surface area contributed by atoms with E-state index in [1.807, 2.05) is 0 Å². The molecule has 1 saturated heterocycles. The number of piperidine rings is 1. The van der Waals surface area contributed by atoms with Crippen molar-refractivity contribution in [3.8, 4) is 0 Å². The fourth-order valence-corrected chi connectivity index (χ4v) is 4.33. The van der Waals surface area contributed by atoms with Gasteiger partial charge in [0.15, 0.2) is 0 Å². The Labute approximate surface area is 132 Å². The van der Waals surface area contributed by atoms with Crippen LogP contribution in [0.1, 0.15) is 18.4 Å². The molecule has 1 fully saturated rings. The van der Waals surface area contributed by atoms with Gasteiger partial charge in [-0.3, -0.25) is 4.79 Å². The highest BCUT2D eigenvalue weighted by Gasteiger charge is 2.28. The molecule has 3 N–H and O–H groups in total. The predicted octanol–water partition coefficient (Wildman–Crippen LogP) is 1.24. The number of likely N-dealkylation sites (tertiary alicyclic amines) is 1. The third-order valence-corrected chi connectivity index (χ3v) is 5.88. The molecular weight excluding hydrogens is 358 g/mol. The summed E-state index contributed by atoms with van der Waals surface area (Å²) < 4.78 is 28.3. The van der Waals surface area contributed by atoms with E-state index in [-0.39, 0.29) is 16.8 Å². The fraction of sp³-hybridized carbons (Fsp3) is 0.462. The molecule has 0 bridgehead atoms. The molecule has 2 rings (SSSR count). The molecule has 1 amide bonds. The number of anilines is 1.